The molecule has 0 N–H and O–H groups in total. The van der Waals surface area contributed by atoms with E-state index in [9.17, 15) is 9.59 Å². The van der Waals surface area contributed by atoms with Crippen LogP contribution in [0, 0.1) is 11.8 Å². The van der Waals surface area contributed by atoms with Crippen LogP contribution >= 0.6 is 11.3 Å². The summed E-state index contributed by atoms with van der Waals surface area (Å²) >= 11 is 1.57. The zero-order chi connectivity index (χ0) is 18.3. The highest BCUT2D eigenvalue weighted by molar-refractivity contribution is 7.18. The molecule has 1 saturated carbocycles. The summed E-state index contributed by atoms with van der Waals surface area (Å²) < 4.78 is 6.75. The van der Waals surface area contributed by atoms with Crippen molar-refractivity contribution >= 4 is 27.5 Å². The Morgan fingerprint density at radius 1 is 1.27 bits per heavy atom. The predicted octanol–water partition coefficient (Wildman–Crippen LogP) is 3.10. The molecule has 6 nitrogen and oxygen atoms in total. The fourth-order valence-electron chi connectivity index (χ4n) is 4.23. The maximum Gasteiger partial charge on any atom is 0.328 e. The van der Waals surface area contributed by atoms with Crippen LogP contribution in [0.25, 0.3) is 10.2 Å². The summed E-state index contributed by atoms with van der Waals surface area (Å²) in [5.41, 5.74) is 0.905. The Hall–Kier alpha value is -1.76. The minimum Gasteiger partial charge on any atom is -0.461 e. The number of esters is 1. The van der Waals surface area contributed by atoms with Crippen molar-refractivity contribution in [3.8, 4) is 0 Å². The van der Waals surface area contributed by atoms with Crippen molar-refractivity contribution in [2.24, 2.45) is 11.8 Å². The number of hydrogen-bond acceptors (Lipinski definition) is 6. The van der Waals surface area contributed by atoms with Crippen molar-refractivity contribution < 1.29 is 9.53 Å². The summed E-state index contributed by atoms with van der Waals surface area (Å²) in [6.45, 7) is 4.26. The van der Waals surface area contributed by atoms with Crippen LogP contribution in [0.2, 0.25) is 0 Å². The first-order valence-corrected chi connectivity index (χ1v) is 10.4. The summed E-state index contributed by atoms with van der Waals surface area (Å²) in [7, 11) is 0. The quantitative estimate of drug-likeness (QED) is 0.771. The SMILES string of the molecule is C[C@H]1CCc2c(sc3nnn(CC(=O)O[C@@H]4CCC[C@H](C)C4)c(=O)c23)C1. The number of nitrogens with zero attached hydrogens (tertiary/aromatic N) is 3. The van der Waals surface area contributed by atoms with Crippen LogP contribution in [0.5, 0.6) is 0 Å². The molecule has 4 rings (SSSR count). The molecule has 0 unspecified atom stereocenters. The minimum atomic E-state index is -0.391. The van der Waals surface area contributed by atoms with Gasteiger partial charge < -0.3 is 4.74 Å². The summed E-state index contributed by atoms with van der Waals surface area (Å²) in [4.78, 5) is 27.1. The van der Waals surface area contributed by atoms with Crippen LogP contribution in [-0.4, -0.2) is 27.1 Å². The number of hydrogen-bond donors (Lipinski definition) is 0. The minimum absolute atomic E-state index is 0.0333. The highest BCUT2D eigenvalue weighted by Gasteiger charge is 2.25. The van der Waals surface area contributed by atoms with E-state index < -0.39 is 5.97 Å². The van der Waals surface area contributed by atoms with Crippen molar-refractivity contribution in [1.82, 2.24) is 15.0 Å². The lowest BCUT2D eigenvalue weighted by Crippen LogP contribution is -2.32. The van der Waals surface area contributed by atoms with E-state index in [1.54, 1.807) is 11.3 Å². The van der Waals surface area contributed by atoms with Crippen molar-refractivity contribution in [2.75, 3.05) is 0 Å². The van der Waals surface area contributed by atoms with Gasteiger partial charge in [0.1, 0.15) is 12.6 Å². The van der Waals surface area contributed by atoms with E-state index in [-0.39, 0.29) is 18.2 Å². The Bertz CT molecular complexity index is 888. The average Bonchev–Trinajstić information content (AvgIpc) is 2.95. The Labute approximate surface area is 156 Å². The van der Waals surface area contributed by atoms with Crippen LogP contribution in [0.3, 0.4) is 0 Å². The second kappa shape index (κ2) is 7.10. The predicted molar refractivity (Wildman–Crippen MR) is 100 cm³/mol. The molecule has 2 aliphatic carbocycles. The molecule has 0 saturated heterocycles. The van der Waals surface area contributed by atoms with Crippen LogP contribution < -0.4 is 5.56 Å². The van der Waals surface area contributed by atoms with Crippen LogP contribution in [0.1, 0.15) is 56.4 Å². The second-order valence-corrected chi connectivity index (χ2v) is 9.05. The van der Waals surface area contributed by atoms with Gasteiger partial charge in [-0.1, -0.05) is 25.5 Å². The first-order chi connectivity index (χ1) is 12.5. The number of aromatic nitrogens is 3. The Morgan fingerprint density at radius 3 is 2.92 bits per heavy atom. The molecule has 26 heavy (non-hydrogen) atoms. The Balaban J connectivity index is 1.54. The van der Waals surface area contributed by atoms with E-state index in [0.717, 1.165) is 44.1 Å². The van der Waals surface area contributed by atoms with Gasteiger partial charge in [-0.2, -0.15) is 4.68 Å². The first-order valence-electron chi connectivity index (χ1n) is 9.58. The summed E-state index contributed by atoms with van der Waals surface area (Å²) in [5.74, 6) is 0.830. The lowest BCUT2D eigenvalue weighted by Gasteiger charge is -2.26. The molecule has 140 valence electrons. The summed E-state index contributed by atoms with van der Waals surface area (Å²) in [6.07, 6.45) is 7.05. The molecule has 2 aliphatic rings. The van der Waals surface area contributed by atoms with Crippen molar-refractivity contribution in [3.05, 3.63) is 20.8 Å². The zero-order valence-corrected chi connectivity index (χ0v) is 16.2. The van der Waals surface area contributed by atoms with E-state index >= 15 is 0 Å². The second-order valence-electron chi connectivity index (χ2n) is 7.97. The highest BCUT2D eigenvalue weighted by Crippen LogP contribution is 2.35. The molecule has 2 heterocycles. The number of fused-ring (bicyclic) bond motifs is 3. The van der Waals surface area contributed by atoms with Gasteiger partial charge in [0.15, 0.2) is 4.83 Å². The summed E-state index contributed by atoms with van der Waals surface area (Å²) in [6, 6.07) is 0. The topological polar surface area (TPSA) is 74.1 Å². The first kappa shape index (κ1) is 17.6. The standard InChI is InChI=1S/C19H25N3O3S/c1-11-4-3-5-13(8-11)25-16(23)10-22-19(24)17-14-7-6-12(2)9-15(14)26-18(17)20-21-22/h11-13H,3-10H2,1-2H3/t11-,12-,13+/m0/s1. The number of rotatable bonds is 3. The van der Waals surface area contributed by atoms with Gasteiger partial charge in [-0.15, -0.1) is 16.4 Å². The monoisotopic (exact) mass is 375 g/mol. The van der Waals surface area contributed by atoms with E-state index in [0.29, 0.717) is 22.1 Å². The number of ether oxygens (including phenoxy) is 1. The zero-order valence-electron chi connectivity index (χ0n) is 15.4. The Morgan fingerprint density at radius 2 is 2.12 bits per heavy atom. The third kappa shape index (κ3) is 3.41. The van der Waals surface area contributed by atoms with Gasteiger partial charge in [0.05, 0.1) is 5.39 Å². The van der Waals surface area contributed by atoms with E-state index in [4.69, 9.17) is 4.74 Å². The molecule has 0 aromatic carbocycles. The summed E-state index contributed by atoms with van der Waals surface area (Å²) in [5, 5.41) is 8.85. The molecule has 0 radical (unpaired) electrons. The molecular weight excluding hydrogens is 350 g/mol. The maximum atomic E-state index is 12.9. The fraction of sp³-hybridized carbons (Fsp3) is 0.684. The number of thiophene rings is 1. The Kier molecular flexibility index (Phi) is 4.82. The van der Waals surface area contributed by atoms with Crippen molar-refractivity contribution in [2.45, 2.75) is 71.4 Å². The lowest BCUT2D eigenvalue weighted by atomic mass is 9.89. The molecule has 0 bridgehead atoms. The molecule has 1 fully saturated rings. The van der Waals surface area contributed by atoms with E-state index in [2.05, 4.69) is 24.2 Å². The highest BCUT2D eigenvalue weighted by atomic mass is 32.1. The number of carbonyl (C=O) groups excluding carboxylic acids is 1. The van der Waals surface area contributed by atoms with Crippen LogP contribution in [-0.2, 0) is 28.9 Å². The molecule has 3 atom stereocenters. The maximum absolute atomic E-state index is 12.9. The fourth-order valence-corrected chi connectivity index (χ4v) is 5.54. The van der Waals surface area contributed by atoms with Gasteiger partial charge in [-0.25, -0.2) is 0 Å². The lowest BCUT2D eigenvalue weighted by molar-refractivity contribution is -0.152. The van der Waals surface area contributed by atoms with Gasteiger partial charge in [-0.3, -0.25) is 9.59 Å². The third-order valence-corrected chi connectivity index (χ3v) is 6.79. The molecule has 2 aromatic heterocycles. The van der Waals surface area contributed by atoms with Gasteiger partial charge in [0, 0.05) is 4.88 Å². The van der Waals surface area contributed by atoms with Crippen molar-refractivity contribution in [1.29, 1.82) is 0 Å². The van der Waals surface area contributed by atoms with Gasteiger partial charge in [0.25, 0.3) is 5.56 Å². The van der Waals surface area contributed by atoms with Crippen molar-refractivity contribution in [3.63, 3.8) is 0 Å². The molecule has 2 aromatic rings. The molecular formula is C19H25N3O3S. The van der Waals surface area contributed by atoms with Gasteiger partial charge >= 0.3 is 5.97 Å². The molecule has 0 amide bonds. The number of aryl methyl sites for hydroxylation is 1. The van der Waals surface area contributed by atoms with Gasteiger partial charge in [0.2, 0.25) is 0 Å². The van der Waals surface area contributed by atoms with Gasteiger partial charge in [-0.05, 0) is 55.9 Å². The average molecular weight is 375 g/mol. The normalized spacial score (nSPS) is 25.8. The van der Waals surface area contributed by atoms with Crippen LogP contribution in [0.4, 0.5) is 0 Å². The van der Waals surface area contributed by atoms with E-state index in [1.165, 1.54) is 16.0 Å². The number of carbonyl (C=O) groups is 1. The third-order valence-electron chi connectivity index (χ3n) is 5.65. The van der Waals surface area contributed by atoms with E-state index in [1.807, 2.05) is 0 Å². The smallest absolute Gasteiger partial charge is 0.328 e. The molecule has 0 aliphatic heterocycles. The molecule has 0 spiro atoms. The largest absolute Gasteiger partial charge is 0.461 e. The molecule has 7 heteroatoms. The van der Waals surface area contributed by atoms with Crippen LogP contribution in [0.15, 0.2) is 4.79 Å².